The molecule has 3 aliphatic carbocycles. The van der Waals surface area contributed by atoms with E-state index in [0.717, 1.165) is 19.3 Å². The van der Waals surface area contributed by atoms with E-state index in [-0.39, 0.29) is 0 Å². The summed E-state index contributed by atoms with van der Waals surface area (Å²) in [4.78, 5) is 0. The fourth-order valence-electron chi connectivity index (χ4n) is 3.82. The van der Waals surface area contributed by atoms with Gasteiger partial charge in [0.15, 0.2) is 0 Å². The Bertz CT molecular complexity index is 845. The van der Waals surface area contributed by atoms with E-state index in [4.69, 9.17) is 0 Å². The van der Waals surface area contributed by atoms with E-state index in [2.05, 4.69) is 48.6 Å². The van der Waals surface area contributed by atoms with Gasteiger partial charge < -0.3 is 0 Å². The summed E-state index contributed by atoms with van der Waals surface area (Å²) in [6, 6.07) is 4.83. The molecule has 0 atom stereocenters. The number of hydrogen-bond donors (Lipinski definition) is 0. The van der Waals surface area contributed by atoms with Crippen LogP contribution in [-0.4, -0.2) is 0 Å². The van der Waals surface area contributed by atoms with Crippen LogP contribution < -0.4 is 10.4 Å². The van der Waals surface area contributed by atoms with Gasteiger partial charge in [-0.05, 0) is 74.9 Å². The SMILES string of the molecule is C1=Cc2c3c(c4cc5c(cc4c2C1)=CCC=5)CC=C3. The van der Waals surface area contributed by atoms with Gasteiger partial charge in [0.25, 0.3) is 0 Å². The van der Waals surface area contributed by atoms with Gasteiger partial charge in [-0.3, -0.25) is 0 Å². The van der Waals surface area contributed by atoms with Crippen LogP contribution in [0.15, 0.2) is 24.3 Å². The van der Waals surface area contributed by atoms with E-state index in [1.165, 1.54) is 43.5 Å². The number of allylic oxidation sites excluding steroid dienone is 2. The largest absolute Gasteiger partial charge is 0.0795 e. The Morgan fingerprint density at radius 2 is 1.21 bits per heavy atom. The third-order valence-electron chi connectivity index (χ3n) is 4.70. The topological polar surface area (TPSA) is 0 Å². The Hall–Kier alpha value is -2.08. The van der Waals surface area contributed by atoms with Crippen molar-refractivity contribution >= 4 is 35.1 Å². The molecule has 0 nitrogen and oxygen atoms in total. The van der Waals surface area contributed by atoms with Gasteiger partial charge >= 0.3 is 0 Å². The van der Waals surface area contributed by atoms with Gasteiger partial charge in [-0.1, -0.05) is 36.5 Å². The third-order valence-corrected chi connectivity index (χ3v) is 4.70. The van der Waals surface area contributed by atoms with Crippen molar-refractivity contribution in [3.05, 3.63) is 57.0 Å². The molecule has 0 radical (unpaired) electrons. The highest BCUT2D eigenvalue weighted by Crippen LogP contribution is 2.37. The molecule has 0 fully saturated rings. The van der Waals surface area contributed by atoms with Crippen LogP contribution in [0.3, 0.4) is 0 Å². The zero-order valence-electron chi connectivity index (χ0n) is 10.7. The molecule has 90 valence electrons. The van der Waals surface area contributed by atoms with Crippen LogP contribution in [0.5, 0.6) is 0 Å². The normalized spacial score (nSPS) is 17.3. The van der Waals surface area contributed by atoms with Crippen LogP contribution in [0.2, 0.25) is 0 Å². The number of benzene rings is 2. The van der Waals surface area contributed by atoms with Crippen molar-refractivity contribution in [3.63, 3.8) is 0 Å². The van der Waals surface area contributed by atoms with Gasteiger partial charge in [0.1, 0.15) is 0 Å². The minimum absolute atomic E-state index is 1.09. The Morgan fingerprint density at radius 1 is 0.684 bits per heavy atom. The molecular weight excluding hydrogens is 228 g/mol. The minimum atomic E-state index is 1.09. The lowest BCUT2D eigenvalue weighted by molar-refractivity contribution is 1.29. The summed E-state index contributed by atoms with van der Waals surface area (Å²) in [5.74, 6) is 0. The minimum Gasteiger partial charge on any atom is -0.0795 e. The number of rotatable bonds is 0. The van der Waals surface area contributed by atoms with Gasteiger partial charge in [-0.15, -0.1) is 0 Å². The molecule has 0 unspecified atom stereocenters. The molecular formula is C19H14. The quantitative estimate of drug-likeness (QED) is 0.666. The van der Waals surface area contributed by atoms with Crippen LogP contribution >= 0.6 is 0 Å². The van der Waals surface area contributed by atoms with Crippen LogP contribution in [-0.2, 0) is 12.8 Å². The molecule has 2 aromatic carbocycles. The van der Waals surface area contributed by atoms with E-state index >= 15 is 0 Å². The van der Waals surface area contributed by atoms with E-state index in [1.807, 2.05) is 0 Å². The molecule has 0 heterocycles. The Balaban J connectivity index is 2.07. The van der Waals surface area contributed by atoms with Crippen molar-refractivity contribution in [1.29, 1.82) is 0 Å². The van der Waals surface area contributed by atoms with Crippen molar-refractivity contribution < 1.29 is 0 Å². The lowest BCUT2D eigenvalue weighted by atomic mass is 9.91. The number of hydrogen-bond acceptors (Lipinski definition) is 0. The highest BCUT2D eigenvalue weighted by atomic mass is 14.2. The first-order valence-corrected chi connectivity index (χ1v) is 7.07. The maximum Gasteiger partial charge on any atom is -0.00818 e. The van der Waals surface area contributed by atoms with Crippen LogP contribution in [0.25, 0.3) is 35.1 Å². The first-order valence-electron chi connectivity index (χ1n) is 7.07. The van der Waals surface area contributed by atoms with Gasteiger partial charge in [-0.2, -0.15) is 0 Å². The van der Waals surface area contributed by atoms with E-state index < -0.39 is 0 Å². The standard InChI is InChI=1S/C19H14/c1-4-12-10-18-16-8-2-6-14(16)15-7-3-9-17(15)19(18)11-13(12)5-1/h2-7,10-11H,1,8-9H2. The molecule has 0 aromatic heterocycles. The maximum absolute atomic E-state index is 2.42. The van der Waals surface area contributed by atoms with E-state index in [1.54, 1.807) is 0 Å². The van der Waals surface area contributed by atoms with Gasteiger partial charge in [0.05, 0.1) is 0 Å². The van der Waals surface area contributed by atoms with Crippen molar-refractivity contribution in [3.8, 4) is 0 Å². The molecule has 0 aliphatic heterocycles. The van der Waals surface area contributed by atoms with Gasteiger partial charge in [0, 0.05) is 0 Å². The molecule has 0 amide bonds. The number of fused-ring (bicyclic) bond motifs is 7. The first kappa shape index (κ1) is 9.80. The summed E-state index contributed by atoms with van der Waals surface area (Å²) in [6.07, 6.45) is 17.2. The second-order valence-electron chi connectivity index (χ2n) is 5.67. The summed E-state index contributed by atoms with van der Waals surface area (Å²) in [5, 5.41) is 5.81. The zero-order valence-corrected chi connectivity index (χ0v) is 10.7. The Labute approximate surface area is 112 Å². The average Bonchev–Trinajstić information content (AvgIpc) is 3.15. The highest BCUT2D eigenvalue weighted by Gasteiger charge is 2.20. The van der Waals surface area contributed by atoms with Crippen molar-refractivity contribution in [2.75, 3.05) is 0 Å². The molecule has 19 heavy (non-hydrogen) atoms. The monoisotopic (exact) mass is 242 g/mol. The summed E-state index contributed by atoms with van der Waals surface area (Å²) in [7, 11) is 0. The fourth-order valence-corrected chi connectivity index (χ4v) is 3.82. The van der Waals surface area contributed by atoms with Crippen molar-refractivity contribution in [2.24, 2.45) is 0 Å². The molecule has 0 saturated carbocycles. The lowest BCUT2D eigenvalue weighted by Gasteiger charge is -2.13. The third kappa shape index (κ3) is 1.14. The Morgan fingerprint density at radius 3 is 1.74 bits per heavy atom. The molecule has 0 saturated heterocycles. The van der Waals surface area contributed by atoms with Crippen molar-refractivity contribution in [2.45, 2.75) is 19.3 Å². The summed E-state index contributed by atoms with van der Waals surface area (Å²) in [5.41, 5.74) is 6.00. The maximum atomic E-state index is 2.42. The molecule has 0 bridgehead atoms. The summed E-state index contributed by atoms with van der Waals surface area (Å²) >= 11 is 0. The fraction of sp³-hybridized carbons (Fsp3) is 0.158. The molecule has 0 N–H and O–H groups in total. The predicted molar refractivity (Wildman–Crippen MR) is 82.2 cm³/mol. The second-order valence-corrected chi connectivity index (χ2v) is 5.67. The molecule has 0 heteroatoms. The highest BCUT2D eigenvalue weighted by molar-refractivity contribution is 5.98. The summed E-state index contributed by atoms with van der Waals surface area (Å²) in [6.45, 7) is 0. The summed E-state index contributed by atoms with van der Waals surface area (Å²) < 4.78 is 0. The zero-order chi connectivity index (χ0) is 12.4. The predicted octanol–water partition coefficient (Wildman–Crippen LogP) is 2.94. The van der Waals surface area contributed by atoms with Crippen LogP contribution in [0.4, 0.5) is 0 Å². The smallest absolute Gasteiger partial charge is 0.00818 e. The first-order chi connectivity index (χ1) is 9.42. The molecule has 3 aliphatic rings. The van der Waals surface area contributed by atoms with Gasteiger partial charge in [0.2, 0.25) is 0 Å². The Kier molecular flexibility index (Phi) is 1.69. The lowest BCUT2D eigenvalue weighted by Crippen LogP contribution is -2.21. The van der Waals surface area contributed by atoms with Gasteiger partial charge in [-0.25, -0.2) is 0 Å². The second kappa shape index (κ2) is 3.27. The van der Waals surface area contributed by atoms with E-state index in [9.17, 15) is 0 Å². The molecule has 0 spiro atoms. The molecule has 5 rings (SSSR count). The van der Waals surface area contributed by atoms with E-state index in [0.29, 0.717) is 0 Å². The van der Waals surface area contributed by atoms with Crippen LogP contribution in [0, 0.1) is 0 Å². The molecule has 2 aromatic rings. The average molecular weight is 242 g/mol. The van der Waals surface area contributed by atoms with Crippen LogP contribution in [0.1, 0.15) is 28.7 Å². The van der Waals surface area contributed by atoms with Crippen molar-refractivity contribution in [1.82, 2.24) is 0 Å².